The zero-order valence-corrected chi connectivity index (χ0v) is 12.1. The van der Waals surface area contributed by atoms with E-state index in [1.54, 1.807) is 18.7 Å². The van der Waals surface area contributed by atoms with Crippen LogP contribution in [0.3, 0.4) is 0 Å². The molecule has 1 rings (SSSR count). The van der Waals surface area contributed by atoms with Crippen molar-refractivity contribution in [2.75, 3.05) is 24.7 Å². The summed E-state index contributed by atoms with van der Waals surface area (Å²) in [6, 6.07) is -0.121. The van der Waals surface area contributed by atoms with Gasteiger partial charge in [0.05, 0.1) is 18.7 Å². The summed E-state index contributed by atoms with van der Waals surface area (Å²) < 4.78 is 4.97. The normalized spacial score (nSPS) is 16.7. The number of nitrogens with two attached hydrogens (primary N) is 1. The number of hydrogen-bond donors (Lipinski definition) is 3. The Kier molecular flexibility index (Phi) is 6.72. The first kappa shape index (κ1) is 15.8. The summed E-state index contributed by atoms with van der Waals surface area (Å²) in [4.78, 5) is 23.1. The molecule has 0 spiro atoms. The molecule has 0 saturated carbocycles. The molecule has 7 heteroatoms. The molecule has 0 aromatic rings. The molecule has 4 N–H and O–H groups in total. The highest BCUT2D eigenvalue weighted by Crippen LogP contribution is 2.15. The van der Waals surface area contributed by atoms with Crippen LogP contribution in [-0.2, 0) is 9.53 Å². The van der Waals surface area contributed by atoms with Crippen LogP contribution in [0.4, 0.5) is 4.79 Å². The quantitative estimate of drug-likeness (QED) is 0.470. The van der Waals surface area contributed by atoms with E-state index in [-0.39, 0.29) is 24.6 Å². The molecular weight excluding hydrogens is 266 g/mol. The van der Waals surface area contributed by atoms with E-state index in [1.807, 2.05) is 6.92 Å². The van der Waals surface area contributed by atoms with Gasteiger partial charge in [-0.3, -0.25) is 0 Å². The fourth-order valence-electron chi connectivity index (χ4n) is 1.51. The lowest BCUT2D eigenvalue weighted by Crippen LogP contribution is -2.44. The summed E-state index contributed by atoms with van der Waals surface area (Å²) in [7, 11) is 0. The predicted octanol–water partition coefficient (Wildman–Crippen LogP) is 0.587. The number of rotatable bonds is 7. The fourth-order valence-corrected chi connectivity index (χ4v) is 2.65. The van der Waals surface area contributed by atoms with Gasteiger partial charge in [-0.05, 0) is 26.0 Å². The van der Waals surface area contributed by atoms with Crippen LogP contribution in [0, 0.1) is 0 Å². The Hall–Kier alpha value is -1.21. The Bertz CT molecular complexity index is 369. The van der Waals surface area contributed by atoms with E-state index in [1.165, 1.54) is 0 Å². The highest BCUT2D eigenvalue weighted by Gasteiger charge is 2.23. The molecule has 6 nitrogen and oxygen atoms in total. The van der Waals surface area contributed by atoms with Crippen LogP contribution < -0.4 is 16.4 Å². The van der Waals surface area contributed by atoms with Crippen molar-refractivity contribution in [3.05, 3.63) is 11.3 Å². The van der Waals surface area contributed by atoms with Crippen molar-refractivity contribution >= 4 is 23.8 Å². The van der Waals surface area contributed by atoms with Gasteiger partial charge in [0, 0.05) is 17.5 Å². The topological polar surface area (TPSA) is 93.4 Å². The molecule has 19 heavy (non-hydrogen) atoms. The van der Waals surface area contributed by atoms with E-state index in [0.717, 1.165) is 12.2 Å². The van der Waals surface area contributed by atoms with Crippen LogP contribution in [0.5, 0.6) is 0 Å². The number of ether oxygens (including phenoxy) is 1. The van der Waals surface area contributed by atoms with Gasteiger partial charge in [0.1, 0.15) is 0 Å². The first-order valence-corrected chi connectivity index (χ1v) is 7.47. The number of carbonyl (C=O) groups is 2. The average molecular weight is 287 g/mol. The van der Waals surface area contributed by atoms with Crippen molar-refractivity contribution in [1.29, 1.82) is 0 Å². The van der Waals surface area contributed by atoms with Crippen LogP contribution in [-0.4, -0.2) is 42.7 Å². The molecule has 1 heterocycles. The number of amides is 2. The maximum atomic E-state index is 11.8. The maximum absolute atomic E-state index is 11.8. The largest absolute Gasteiger partial charge is 0.463 e. The van der Waals surface area contributed by atoms with Gasteiger partial charge in [-0.25, -0.2) is 9.59 Å². The summed E-state index contributed by atoms with van der Waals surface area (Å²) in [6.45, 7) is 4.25. The molecule has 0 bridgehead atoms. The maximum Gasteiger partial charge on any atom is 0.337 e. The number of esters is 1. The van der Waals surface area contributed by atoms with Crippen LogP contribution in [0.2, 0.25) is 0 Å². The predicted molar refractivity (Wildman–Crippen MR) is 75.8 cm³/mol. The Morgan fingerprint density at radius 3 is 2.95 bits per heavy atom. The van der Waals surface area contributed by atoms with Crippen LogP contribution in [0.1, 0.15) is 20.3 Å². The molecule has 0 saturated heterocycles. The minimum absolute atomic E-state index is 0.161. The second-order valence-corrected chi connectivity index (χ2v) is 5.41. The van der Waals surface area contributed by atoms with E-state index in [9.17, 15) is 9.59 Å². The Morgan fingerprint density at radius 2 is 2.32 bits per heavy atom. The van der Waals surface area contributed by atoms with Crippen molar-refractivity contribution in [1.82, 2.24) is 10.6 Å². The molecule has 108 valence electrons. The molecule has 0 aliphatic carbocycles. The summed E-state index contributed by atoms with van der Waals surface area (Å²) in [5.41, 5.74) is 6.80. The molecule has 1 unspecified atom stereocenters. The van der Waals surface area contributed by atoms with Crippen molar-refractivity contribution in [3.8, 4) is 0 Å². The lowest BCUT2D eigenvalue weighted by Gasteiger charge is -2.21. The first-order chi connectivity index (χ1) is 9.04. The Balaban J connectivity index is 2.60. The molecular formula is C12H21N3O3S. The summed E-state index contributed by atoms with van der Waals surface area (Å²) in [6.07, 6.45) is 0.902. The van der Waals surface area contributed by atoms with E-state index < -0.39 is 0 Å². The van der Waals surface area contributed by atoms with E-state index in [0.29, 0.717) is 23.6 Å². The highest BCUT2D eigenvalue weighted by atomic mass is 32.2. The minimum Gasteiger partial charge on any atom is -0.463 e. The molecule has 1 aliphatic heterocycles. The minimum atomic E-state index is -0.377. The fraction of sp³-hybridized carbons (Fsp3) is 0.667. The molecule has 0 aromatic carbocycles. The summed E-state index contributed by atoms with van der Waals surface area (Å²) in [5.74, 6) is 1.09. The zero-order valence-electron chi connectivity index (χ0n) is 11.3. The number of thioether (sulfide) groups is 1. The number of carbonyl (C=O) groups excluding carboxylic acids is 2. The number of urea groups is 1. The standard InChI is InChI=1S/C12H21N3O3S/c1-3-18-11(16)9-6-14-12(17)15-10(9)7-19-5-4-8(2)13/h8H,3-7,13H2,1-2H3,(H2,14,15,17). The summed E-state index contributed by atoms with van der Waals surface area (Å²) >= 11 is 1.64. The lowest BCUT2D eigenvalue weighted by molar-refractivity contribution is -0.138. The molecule has 2 amide bonds. The molecule has 1 atom stereocenters. The second kappa shape index (κ2) is 8.06. The summed E-state index contributed by atoms with van der Waals surface area (Å²) in [5, 5.41) is 5.24. The molecule has 1 aliphatic rings. The zero-order chi connectivity index (χ0) is 14.3. The molecule has 0 radical (unpaired) electrons. The van der Waals surface area contributed by atoms with Crippen LogP contribution >= 0.6 is 11.8 Å². The molecule has 0 aromatic heterocycles. The average Bonchev–Trinajstić information content (AvgIpc) is 2.34. The Morgan fingerprint density at radius 1 is 1.58 bits per heavy atom. The Labute approximate surface area is 117 Å². The van der Waals surface area contributed by atoms with Crippen molar-refractivity contribution in [2.24, 2.45) is 5.73 Å². The van der Waals surface area contributed by atoms with Gasteiger partial charge in [0.2, 0.25) is 0 Å². The van der Waals surface area contributed by atoms with Gasteiger partial charge < -0.3 is 21.1 Å². The van der Waals surface area contributed by atoms with E-state index >= 15 is 0 Å². The van der Waals surface area contributed by atoms with Gasteiger partial charge in [0.25, 0.3) is 0 Å². The van der Waals surface area contributed by atoms with Crippen molar-refractivity contribution < 1.29 is 14.3 Å². The van der Waals surface area contributed by atoms with Crippen LogP contribution in [0.25, 0.3) is 0 Å². The van der Waals surface area contributed by atoms with Gasteiger partial charge >= 0.3 is 12.0 Å². The van der Waals surface area contributed by atoms with Crippen molar-refractivity contribution in [2.45, 2.75) is 26.3 Å². The SMILES string of the molecule is CCOC(=O)C1=C(CSCCC(C)N)NC(=O)NC1. The third-order valence-corrected chi connectivity index (χ3v) is 3.56. The molecule has 0 fully saturated rings. The third kappa shape index (κ3) is 5.52. The number of nitrogens with one attached hydrogen (secondary N) is 2. The first-order valence-electron chi connectivity index (χ1n) is 6.32. The van der Waals surface area contributed by atoms with Crippen molar-refractivity contribution in [3.63, 3.8) is 0 Å². The monoisotopic (exact) mass is 287 g/mol. The van der Waals surface area contributed by atoms with Gasteiger partial charge in [-0.1, -0.05) is 0 Å². The lowest BCUT2D eigenvalue weighted by atomic mass is 10.2. The second-order valence-electron chi connectivity index (χ2n) is 4.30. The van der Waals surface area contributed by atoms with Gasteiger partial charge in [-0.2, -0.15) is 11.8 Å². The van der Waals surface area contributed by atoms with Gasteiger partial charge in [-0.15, -0.1) is 0 Å². The number of hydrogen-bond acceptors (Lipinski definition) is 5. The van der Waals surface area contributed by atoms with Gasteiger partial charge in [0.15, 0.2) is 0 Å². The van der Waals surface area contributed by atoms with E-state index in [4.69, 9.17) is 10.5 Å². The smallest absolute Gasteiger partial charge is 0.337 e. The third-order valence-electron chi connectivity index (χ3n) is 2.54. The van der Waals surface area contributed by atoms with E-state index in [2.05, 4.69) is 10.6 Å². The highest BCUT2D eigenvalue weighted by molar-refractivity contribution is 7.99. The van der Waals surface area contributed by atoms with Crippen LogP contribution in [0.15, 0.2) is 11.3 Å².